The second-order valence-electron chi connectivity index (χ2n) is 4.98. The third-order valence-corrected chi connectivity index (χ3v) is 3.73. The fourth-order valence-electron chi connectivity index (χ4n) is 2.59. The van der Waals surface area contributed by atoms with Gasteiger partial charge < -0.3 is 14.6 Å². The van der Waals surface area contributed by atoms with E-state index in [4.69, 9.17) is 5.11 Å². The van der Waals surface area contributed by atoms with E-state index in [0.717, 1.165) is 17.8 Å². The number of carbonyl (C=O) groups excluding carboxylic acids is 1. The maximum Gasteiger partial charge on any atom is 0.335 e. The van der Waals surface area contributed by atoms with E-state index in [2.05, 4.69) is 4.98 Å². The molecule has 0 saturated heterocycles. The number of hydrogen-bond acceptors (Lipinski definition) is 3. The molecule has 108 valence electrons. The van der Waals surface area contributed by atoms with Crippen molar-refractivity contribution in [3.63, 3.8) is 0 Å². The zero-order valence-electron chi connectivity index (χ0n) is 11.6. The molecule has 3 rings (SSSR count). The number of benzene rings is 1. The molecule has 6 nitrogen and oxygen atoms in total. The topological polar surface area (TPSA) is 75.4 Å². The summed E-state index contributed by atoms with van der Waals surface area (Å²) in [4.78, 5) is 29.0. The van der Waals surface area contributed by atoms with Crippen LogP contribution in [0.25, 0.3) is 0 Å². The first-order valence-electron chi connectivity index (χ1n) is 6.75. The minimum Gasteiger partial charge on any atom is -0.478 e. The molecule has 0 unspecified atom stereocenters. The lowest BCUT2D eigenvalue weighted by Crippen LogP contribution is -2.27. The van der Waals surface area contributed by atoms with Crippen LogP contribution in [0.3, 0.4) is 0 Å². The van der Waals surface area contributed by atoms with Crippen LogP contribution in [0.1, 0.15) is 28.5 Å². The van der Waals surface area contributed by atoms with Crippen molar-refractivity contribution >= 4 is 17.6 Å². The smallest absolute Gasteiger partial charge is 0.335 e. The summed E-state index contributed by atoms with van der Waals surface area (Å²) in [5.74, 6) is -1.01. The van der Waals surface area contributed by atoms with E-state index in [-0.39, 0.29) is 11.5 Å². The lowest BCUT2D eigenvalue weighted by Gasteiger charge is -2.18. The second kappa shape index (κ2) is 5.05. The molecule has 0 aliphatic carbocycles. The third kappa shape index (κ3) is 2.29. The highest BCUT2D eigenvalue weighted by Gasteiger charge is 2.28. The lowest BCUT2D eigenvalue weighted by atomic mass is 10.1. The molecule has 1 amide bonds. The number of amides is 1. The highest BCUT2D eigenvalue weighted by Crippen LogP contribution is 2.31. The number of hydrogen-bond donors (Lipinski definition) is 1. The highest BCUT2D eigenvalue weighted by molar-refractivity contribution is 6.02. The van der Waals surface area contributed by atoms with E-state index >= 15 is 0 Å². The minimum atomic E-state index is -0.990. The van der Waals surface area contributed by atoms with Crippen molar-refractivity contribution in [2.75, 3.05) is 4.90 Å². The predicted octanol–water partition coefficient (Wildman–Crippen LogP) is 1.69. The van der Waals surface area contributed by atoms with Gasteiger partial charge in [-0.1, -0.05) is 6.07 Å². The van der Waals surface area contributed by atoms with Crippen LogP contribution in [0.5, 0.6) is 0 Å². The molecule has 0 saturated carbocycles. The molecule has 0 atom stereocenters. The Morgan fingerprint density at radius 3 is 2.95 bits per heavy atom. The molecule has 1 N–H and O–H groups in total. The van der Waals surface area contributed by atoms with E-state index in [9.17, 15) is 9.59 Å². The molecule has 6 heteroatoms. The van der Waals surface area contributed by atoms with E-state index in [1.807, 2.05) is 11.5 Å². The number of carboxylic acids is 1. The third-order valence-electron chi connectivity index (χ3n) is 3.73. The van der Waals surface area contributed by atoms with Gasteiger partial charge in [0, 0.05) is 18.4 Å². The van der Waals surface area contributed by atoms with Gasteiger partial charge in [-0.3, -0.25) is 4.79 Å². The number of fused-ring (bicyclic) bond motifs is 1. The monoisotopic (exact) mass is 285 g/mol. The minimum absolute atomic E-state index is 0.0172. The summed E-state index contributed by atoms with van der Waals surface area (Å²) in [5, 5.41) is 9.09. The molecule has 1 aromatic heterocycles. The number of carboxylic acid groups (broad SMARTS) is 1. The number of aryl methyl sites for hydroxylation is 1. The molecule has 1 aliphatic rings. The molecule has 21 heavy (non-hydrogen) atoms. The molecule has 2 heterocycles. The molecule has 0 radical (unpaired) electrons. The van der Waals surface area contributed by atoms with Gasteiger partial charge in [-0.2, -0.15) is 0 Å². The van der Waals surface area contributed by atoms with Gasteiger partial charge in [-0.05, 0) is 24.6 Å². The largest absolute Gasteiger partial charge is 0.478 e. The summed E-state index contributed by atoms with van der Waals surface area (Å²) in [6, 6.07) is 4.82. The number of carbonyl (C=O) groups is 2. The van der Waals surface area contributed by atoms with Crippen molar-refractivity contribution < 1.29 is 14.7 Å². The first kappa shape index (κ1) is 13.4. The zero-order chi connectivity index (χ0) is 15.0. The van der Waals surface area contributed by atoms with Crippen LogP contribution in [0, 0.1) is 0 Å². The summed E-state index contributed by atoms with van der Waals surface area (Å²) in [5.41, 5.74) is 2.67. The number of nitrogens with zero attached hydrogens (tertiary/aromatic N) is 3. The SMILES string of the molecule is CCn1cncc1CN1C(=O)Cc2ccc(C(=O)O)cc21. The molecule has 0 spiro atoms. The highest BCUT2D eigenvalue weighted by atomic mass is 16.4. The Balaban J connectivity index is 1.96. The normalized spacial score (nSPS) is 13.6. The molecular weight excluding hydrogens is 270 g/mol. The Hall–Kier alpha value is -2.63. The Bertz CT molecular complexity index is 721. The Morgan fingerprint density at radius 2 is 2.24 bits per heavy atom. The number of anilines is 1. The molecule has 2 aromatic rings. The van der Waals surface area contributed by atoms with Crippen molar-refractivity contribution in [2.45, 2.75) is 26.4 Å². The Kier molecular flexibility index (Phi) is 3.21. The molecule has 0 bridgehead atoms. The van der Waals surface area contributed by atoms with Crippen molar-refractivity contribution in [2.24, 2.45) is 0 Å². The molecule has 1 aromatic carbocycles. The number of aromatic nitrogens is 2. The van der Waals surface area contributed by atoms with Gasteiger partial charge in [0.15, 0.2) is 0 Å². The maximum absolute atomic E-state index is 12.2. The van der Waals surface area contributed by atoms with Crippen LogP contribution >= 0.6 is 0 Å². The summed E-state index contributed by atoms with van der Waals surface area (Å²) in [6.07, 6.45) is 3.77. The molecule has 0 fully saturated rings. The van der Waals surface area contributed by atoms with Crippen LogP contribution in [-0.4, -0.2) is 26.5 Å². The van der Waals surface area contributed by atoms with Gasteiger partial charge in [0.2, 0.25) is 5.91 Å². The standard InChI is InChI=1S/C15H15N3O3/c1-2-17-9-16-7-12(17)8-18-13-5-11(15(20)21)4-3-10(13)6-14(18)19/h3-5,7,9H,2,6,8H2,1H3,(H,20,21). The van der Waals surface area contributed by atoms with Crippen LogP contribution in [0.2, 0.25) is 0 Å². The van der Waals surface area contributed by atoms with Gasteiger partial charge in [-0.15, -0.1) is 0 Å². The van der Waals surface area contributed by atoms with E-state index in [1.165, 1.54) is 6.07 Å². The summed E-state index contributed by atoms with van der Waals surface area (Å²) < 4.78 is 1.96. The second-order valence-corrected chi connectivity index (χ2v) is 4.98. The lowest BCUT2D eigenvalue weighted by molar-refractivity contribution is -0.117. The van der Waals surface area contributed by atoms with Crippen molar-refractivity contribution in [3.05, 3.63) is 47.5 Å². The van der Waals surface area contributed by atoms with Gasteiger partial charge in [0.05, 0.1) is 30.6 Å². The average Bonchev–Trinajstić information content (AvgIpc) is 3.03. The first-order chi connectivity index (χ1) is 10.1. The van der Waals surface area contributed by atoms with Crippen LogP contribution in [-0.2, 0) is 24.3 Å². The Morgan fingerprint density at radius 1 is 1.43 bits per heavy atom. The van der Waals surface area contributed by atoms with E-state index in [1.54, 1.807) is 29.6 Å². The fraction of sp³-hybridized carbons (Fsp3) is 0.267. The zero-order valence-corrected chi connectivity index (χ0v) is 11.6. The first-order valence-corrected chi connectivity index (χ1v) is 6.75. The number of imidazole rings is 1. The fourth-order valence-corrected chi connectivity index (χ4v) is 2.59. The predicted molar refractivity (Wildman–Crippen MR) is 76.2 cm³/mol. The van der Waals surface area contributed by atoms with Crippen molar-refractivity contribution in [1.29, 1.82) is 0 Å². The quantitative estimate of drug-likeness (QED) is 0.927. The molecule has 1 aliphatic heterocycles. The summed E-state index contributed by atoms with van der Waals surface area (Å²) in [6.45, 7) is 3.19. The van der Waals surface area contributed by atoms with Gasteiger partial charge in [0.1, 0.15) is 0 Å². The summed E-state index contributed by atoms with van der Waals surface area (Å²) >= 11 is 0. The van der Waals surface area contributed by atoms with Gasteiger partial charge in [0.25, 0.3) is 0 Å². The van der Waals surface area contributed by atoms with E-state index in [0.29, 0.717) is 18.7 Å². The van der Waals surface area contributed by atoms with Crippen molar-refractivity contribution in [1.82, 2.24) is 9.55 Å². The van der Waals surface area contributed by atoms with E-state index < -0.39 is 5.97 Å². The van der Waals surface area contributed by atoms with Gasteiger partial charge >= 0.3 is 5.97 Å². The average molecular weight is 285 g/mol. The number of aromatic carboxylic acids is 1. The maximum atomic E-state index is 12.2. The van der Waals surface area contributed by atoms with Crippen LogP contribution in [0.15, 0.2) is 30.7 Å². The number of rotatable bonds is 4. The summed E-state index contributed by atoms with van der Waals surface area (Å²) in [7, 11) is 0. The molecular formula is C15H15N3O3. The van der Waals surface area contributed by atoms with Crippen LogP contribution < -0.4 is 4.90 Å². The Labute approximate surface area is 121 Å². The van der Waals surface area contributed by atoms with Crippen LogP contribution in [0.4, 0.5) is 5.69 Å². The van der Waals surface area contributed by atoms with Gasteiger partial charge in [-0.25, -0.2) is 9.78 Å². The van der Waals surface area contributed by atoms with Crippen molar-refractivity contribution in [3.8, 4) is 0 Å².